The first-order valence-corrected chi connectivity index (χ1v) is 7.52. The van der Waals surface area contributed by atoms with Gasteiger partial charge >= 0.3 is 5.97 Å². The van der Waals surface area contributed by atoms with Crippen LogP contribution in [0.1, 0.15) is 27.3 Å². The number of carbonyl (C=O) groups excluding carboxylic acids is 1. The van der Waals surface area contributed by atoms with Crippen molar-refractivity contribution in [3.8, 4) is 0 Å². The van der Waals surface area contributed by atoms with Crippen LogP contribution in [0.3, 0.4) is 0 Å². The van der Waals surface area contributed by atoms with Gasteiger partial charge in [-0.3, -0.25) is 0 Å². The first-order valence-electron chi connectivity index (χ1n) is 4.88. The Morgan fingerprint density at radius 3 is 3.00 bits per heavy atom. The van der Waals surface area contributed by atoms with E-state index in [4.69, 9.17) is 4.74 Å². The summed E-state index contributed by atoms with van der Waals surface area (Å²) in [6.07, 6.45) is 0.396. The van der Waals surface area contributed by atoms with Crippen LogP contribution in [-0.4, -0.2) is 31.7 Å². The lowest BCUT2D eigenvalue weighted by Crippen LogP contribution is -2.17. The van der Waals surface area contributed by atoms with E-state index in [-0.39, 0.29) is 16.5 Å². The molecule has 1 aromatic heterocycles. The third kappa shape index (κ3) is 2.25. The van der Waals surface area contributed by atoms with Gasteiger partial charge in [0.2, 0.25) is 5.01 Å². The number of fused-ring (bicyclic) bond motifs is 1. The fraction of sp³-hybridized carbons (Fsp3) is 0.556. The molecule has 0 spiro atoms. The Labute approximate surface area is 97.4 Å². The second kappa shape index (κ2) is 4.14. The molecule has 0 radical (unpaired) electrons. The van der Waals surface area contributed by atoms with Crippen molar-refractivity contribution in [3.05, 3.63) is 15.6 Å². The van der Waals surface area contributed by atoms with Crippen molar-refractivity contribution < 1.29 is 17.9 Å². The molecule has 0 N–H and O–H groups in total. The van der Waals surface area contributed by atoms with Crippen LogP contribution in [0.5, 0.6) is 0 Å². The Morgan fingerprint density at radius 1 is 1.56 bits per heavy atom. The average molecular weight is 261 g/mol. The normalized spacial score (nSPS) is 17.8. The van der Waals surface area contributed by atoms with Gasteiger partial charge in [-0.05, 0) is 6.92 Å². The van der Waals surface area contributed by atoms with Crippen molar-refractivity contribution in [1.29, 1.82) is 0 Å². The maximum absolute atomic E-state index is 11.4. The van der Waals surface area contributed by atoms with Crippen LogP contribution in [0.15, 0.2) is 0 Å². The quantitative estimate of drug-likeness (QED) is 0.736. The van der Waals surface area contributed by atoms with Crippen molar-refractivity contribution >= 4 is 27.1 Å². The maximum Gasteiger partial charge on any atom is 0.367 e. The fourth-order valence-electron chi connectivity index (χ4n) is 1.50. The Morgan fingerprint density at radius 2 is 2.31 bits per heavy atom. The molecule has 2 rings (SSSR count). The zero-order valence-electron chi connectivity index (χ0n) is 8.73. The van der Waals surface area contributed by atoms with E-state index in [9.17, 15) is 13.2 Å². The molecule has 88 valence electrons. The Kier molecular flexibility index (Phi) is 2.98. The molecule has 16 heavy (non-hydrogen) atoms. The van der Waals surface area contributed by atoms with E-state index in [1.165, 1.54) is 0 Å². The first kappa shape index (κ1) is 11.5. The van der Waals surface area contributed by atoms with E-state index in [0.717, 1.165) is 17.0 Å². The van der Waals surface area contributed by atoms with E-state index in [2.05, 4.69) is 4.98 Å². The monoisotopic (exact) mass is 261 g/mol. The van der Waals surface area contributed by atoms with Gasteiger partial charge in [0.1, 0.15) is 0 Å². The van der Waals surface area contributed by atoms with E-state index < -0.39 is 15.8 Å². The number of esters is 1. The van der Waals surface area contributed by atoms with Gasteiger partial charge < -0.3 is 4.74 Å². The Bertz CT molecular complexity index is 518. The molecule has 0 fully saturated rings. The Balaban J connectivity index is 2.28. The summed E-state index contributed by atoms with van der Waals surface area (Å²) >= 11 is 1.12. The number of aromatic nitrogens is 1. The van der Waals surface area contributed by atoms with Crippen LogP contribution in [0, 0.1) is 0 Å². The van der Waals surface area contributed by atoms with Crippen molar-refractivity contribution in [3.63, 3.8) is 0 Å². The van der Waals surface area contributed by atoms with Gasteiger partial charge in [-0.2, -0.15) is 0 Å². The van der Waals surface area contributed by atoms with Crippen LogP contribution < -0.4 is 0 Å². The zero-order chi connectivity index (χ0) is 11.8. The smallest absolute Gasteiger partial charge is 0.367 e. The summed E-state index contributed by atoms with van der Waals surface area (Å²) in [5, 5.41) is 0.254. The summed E-state index contributed by atoms with van der Waals surface area (Å²) in [5.41, 5.74) is 0.725. The van der Waals surface area contributed by atoms with Crippen molar-refractivity contribution in [1.82, 2.24) is 4.98 Å². The first-order chi connectivity index (χ1) is 7.52. The van der Waals surface area contributed by atoms with Gasteiger partial charge in [0.05, 0.1) is 23.8 Å². The molecule has 0 saturated heterocycles. The van der Waals surface area contributed by atoms with Crippen LogP contribution in [0.25, 0.3) is 0 Å². The molecule has 1 aliphatic rings. The van der Waals surface area contributed by atoms with Crippen LogP contribution in [0.2, 0.25) is 0 Å². The largest absolute Gasteiger partial charge is 0.461 e. The predicted octanol–water partition coefficient (Wildman–Crippen LogP) is 0.791. The summed E-state index contributed by atoms with van der Waals surface area (Å²) in [4.78, 5) is 16.2. The predicted molar refractivity (Wildman–Crippen MR) is 59.3 cm³/mol. The second-order valence-corrected chi connectivity index (χ2v) is 6.72. The van der Waals surface area contributed by atoms with E-state index in [0.29, 0.717) is 17.9 Å². The molecule has 0 atom stereocenters. The lowest BCUT2D eigenvalue weighted by atomic mass is 10.3. The topological polar surface area (TPSA) is 73.3 Å². The van der Waals surface area contributed by atoms with Gasteiger partial charge in [-0.1, -0.05) is 0 Å². The molecule has 2 heterocycles. The molecule has 0 amide bonds. The summed E-state index contributed by atoms with van der Waals surface area (Å²) in [6, 6.07) is 0. The minimum atomic E-state index is -3.00. The molecule has 0 bridgehead atoms. The van der Waals surface area contributed by atoms with E-state index in [1.807, 2.05) is 0 Å². The number of nitrogens with zero attached hydrogens (tertiary/aromatic N) is 1. The number of ether oxygens (including phenoxy) is 1. The summed E-state index contributed by atoms with van der Waals surface area (Å²) in [5.74, 6) is -0.356. The highest BCUT2D eigenvalue weighted by atomic mass is 32.2. The van der Waals surface area contributed by atoms with Gasteiger partial charge in [0.25, 0.3) is 0 Å². The second-order valence-electron chi connectivity index (χ2n) is 3.45. The highest BCUT2D eigenvalue weighted by Gasteiger charge is 2.26. The minimum absolute atomic E-state index is 0.000590. The lowest BCUT2D eigenvalue weighted by molar-refractivity contribution is 0.0525. The highest BCUT2D eigenvalue weighted by Crippen LogP contribution is 2.26. The summed E-state index contributed by atoms with van der Waals surface area (Å²) in [6.45, 7) is 2.01. The van der Waals surface area contributed by atoms with Gasteiger partial charge in [-0.15, -0.1) is 11.3 Å². The molecular formula is C9H11NO4S2. The summed E-state index contributed by atoms with van der Waals surface area (Å²) < 4.78 is 27.6. The number of aryl methyl sites for hydroxylation is 1. The highest BCUT2D eigenvalue weighted by molar-refractivity contribution is 7.90. The number of hydrogen-bond acceptors (Lipinski definition) is 6. The van der Waals surface area contributed by atoms with Crippen molar-refractivity contribution in [2.75, 3.05) is 12.4 Å². The molecular weight excluding hydrogens is 250 g/mol. The molecule has 5 nitrogen and oxygen atoms in total. The number of carbonyl (C=O) groups is 1. The van der Waals surface area contributed by atoms with E-state index >= 15 is 0 Å². The average Bonchev–Trinajstić information content (AvgIpc) is 2.59. The fourth-order valence-corrected chi connectivity index (χ4v) is 4.28. The Hall–Kier alpha value is -0.950. The molecule has 7 heteroatoms. The molecule has 0 unspecified atom stereocenters. The third-order valence-electron chi connectivity index (χ3n) is 2.23. The number of hydrogen-bond donors (Lipinski definition) is 0. The van der Waals surface area contributed by atoms with E-state index in [1.54, 1.807) is 6.92 Å². The van der Waals surface area contributed by atoms with Crippen molar-refractivity contribution in [2.45, 2.75) is 19.1 Å². The van der Waals surface area contributed by atoms with Crippen molar-refractivity contribution in [2.24, 2.45) is 0 Å². The van der Waals surface area contributed by atoms with Gasteiger partial charge in [0, 0.05) is 11.3 Å². The third-order valence-corrected chi connectivity index (χ3v) is 5.04. The van der Waals surface area contributed by atoms with Gasteiger partial charge in [-0.25, -0.2) is 18.2 Å². The number of sulfone groups is 1. The molecule has 1 aromatic rings. The molecule has 0 aromatic carbocycles. The minimum Gasteiger partial charge on any atom is -0.461 e. The standard InChI is InChI=1S/C9H11NO4S2/c1-2-14-9(11)8-10-6-3-4-16(12,13)5-7(6)15-8/h2-5H2,1H3. The zero-order valence-corrected chi connectivity index (χ0v) is 10.4. The van der Waals surface area contributed by atoms with Crippen LogP contribution in [0.4, 0.5) is 0 Å². The SMILES string of the molecule is CCOC(=O)c1nc2c(s1)CS(=O)(=O)CC2. The van der Waals surface area contributed by atoms with Crippen LogP contribution >= 0.6 is 11.3 Å². The van der Waals surface area contributed by atoms with Crippen LogP contribution in [-0.2, 0) is 26.7 Å². The van der Waals surface area contributed by atoms with Gasteiger partial charge in [0.15, 0.2) is 9.84 Å². The molecule has 1 aliphatic heterocycles. The summed E-state index contributed by atoms with van der Waals surface area (Å²) in [7, 11) is -3.00. The molecule has 0 saturated carbocycles. The number of rotatable bonds is 2. The molecule has 0 aliphatic carbocycles. The maximum atomic E-state index is 11.4. The lowest BCUT2D eigenvalue weighted by Gasteiger charge is -2.09. The number of thiazole rings is 1.